The maximum Gasteiger partial charge on any atom is 2.00 e. The van der Waals surface area contributed by atoms with E-state index in [0.717, 1.165) is 61.7 Å². The van der Waals surface area contributed by atoms with Gasteiger partial charge in [-0.25, -0.2) is 4.98 Å². The summed E-state index contributed by atoms with van der Waals surface area (Å²) in [7, 11) is 0. The van der Waals surface area contributed by atoms with Gasteiger partial charge in [-0.3, -0.25) is 4.98 Å². The van der Waals surface area contributed by atoms with E-state index in [0.29, 0.717) is 11.5 Å². The second-order valence-corrected chi connectivity index (χ2v) is 11.3. The largest absolute Gasteiger partial charge is 2.00 e. The number of hydrogen-bond acceptors (Lipinski definition) is 3. The molecule has 45 heavy (non-hydrogen) atoms. The van der Waals surface area contributed by atoms with Gasteiger partial charge in [-0.05, 0) is 35.6 Å². The van der Waals surface area contributed by atoms with Crippen LogP contribution in [0.3, 0.4) is 0 Å². The van der Waals surface area contributed by atoms with E-state index >= 15 is 0 Å². The van der Waals surface area contributed by atoms with Gasteiger partial charge >= 0.3 is 20.4 Å². The van der Waals surface area contributed by atoms with Crippen molar-refractivity contribution in [2.24, 2.45) is 0 Å². The van der Waals surface area contributed by atoms with Crippen molar-refractivity contribution in [3.8, 4) is 28.4 Å². The van der Waals surface area contributed by atoms with E-state index in [9.17, 15) is 0 Å². The fraction of sp³-hybridized carbons (Fsp3) is 0.0256. The number of para-hydroxylation sites is 2. The Morgan fingerprint density at radius 3 is 2.38 bits per heavy atom. The Labute approximate surface area is 272 Å². The number of aromatic nitrogens is 4. The Morgan fingerprint density at radius 1 is 0.644 bits per heavy atom. The molecule has 6 heteroatoms. The molecule has 5 aromatic carbocycles. The van der Waals surface area contributed by atoms with Crippen LogP contribution < -0.4 is 4.74 Å². The fourth-order valence-electron chi connectivity index (χ4n) is 6.88. The maximum absolute atomic E-state index is 6.50. The van der Waals surface area contributed by atoms with Crippen molar-refractivity contribution in [2.75, 3.05) is 0 Å². The number of ether oxygens (including phenoxy) is 1. The second-order valence-electron chi connectivity index (χ2n) is 11.3. The first kappa shape index (κ1) is 26.2. The zero-order chi connectivity index (χ0) is 28.8. The Kier molecular flexibility index (Phi) is 5.74. The SMILES string of the molecule is [Pd+2].[c-]1c(Oc2[c-]c3c(cc2)c2ccccc2n2cc(-c4ccccc4)nc32)ccc2c1-n1c3ncccc3c3cccc(c31)C2. The van der Waals surface area contributed by atoms with Gasteiger partial charge in [0.15, 0.2) is 0 Å². The first-order chi connectivity index (χ1) is 21.8. The van der Waals surface area contributed by atoms with E-state index in [1.54, 1.807) is 0 Å². The monoisotopic (exact) mass is 668 g/mol. The summed E-state index contributed by atoms with van der Waals surface area (Å²) in [5.74, 6) is 1.25. The van der Waals surface area contributed by atoms with E-state index in [2.05, 4.69) is 100 Å². The molecule has 5 heterocycles. The molecule has 0 atom stereocenters. The standard InChI is InChI=1S/C39H22N4O.Pd/c1-2-8-24(9-3-1)34-23-42-35-14-5-4-11-30(35)29-18-17-27(21-33(29)39(42)41-34)44-28-16-15-25-20-26-10-6-12-31-32-13-7-19-40-38(32)43(37(26)31)36(25)22-28;/h1-19,23H,20H2;/q-2;+2. The normalized spacial score (nSPS) is 12.2. The molecule has 0 N–H and O–H groups in total. The van der Waals surface area contributed by atoms with Crippen LogP contribution in [0.25, 0.3) is 66.2 Å². The van der Waals surface area contributed by atoms with Crippen molar-refractivity contribution in [3.63, 3.8) is 0 Å². The Bertz CT molecular complexity index is 2620. The van der Waals surface area contributed by atoms with E-state index in [-0.39, 0.29) is 20.4 Å². The third kappa shape index (κ3) is 3.83. The maximum atomic E-state index is 6.50. The van der Waals surface area contributed by atoms with Gasteiger partial charge in [-0.1, -0.05) is 89.3 Å². The Hall–Kier alpha value is -5.28. The Balaban J connectivity index is 0.00000281. The smallest absolute Gasteiger partial charge is 0.503 e. The molecule has 1 aliphatic rings. The zero-order valence-corrected chi connectivity index (χ0v) is 25.3. The molecule has 214 valence electrons. The number of imidazole rings is 1. The van der Waals surface area contributed by atoms with Crippen LogP contribution in [-0.2, 0) is 26.8 Å². The van der Waals surface area contributed by atoms with Crippen molar-refractivity contribution in [1.29, 1.82) is 0 Å². The second kappa shape index (κ2) is 9.87. The van der Waals surface area contributed by atoms with Crippen LogP contribution in [-0.4, -0.2) is 18.9 Å². The van der Waals surface area contributed by atoms with Crippen LogP contribution in [0.5, 0.6) is 11.5 Å². The van der Waals surface area contributed by atoms with Crippen molar-refractivity contribution < 1.29 is 25.2 Å². The molecule has 5 nitrogen and oxygen atoms in total. The minimum atomic E-state index is 0. The molecule has 1 aliphatic heterocycles. The van der Waals surface area contributed by atoms with Gasteiger partial charge in [0.1, 0.15) is 5.65 Å². The van der Waals surface area contributed by atoms with Crippen LogP contribution in [0.2, 0.25) is 0 Å². The molecule has 0 unspecified atom stereocenters. The summed E-state index contributed by atoms with van der Waals surface area (Å²) in [5, 5.41) is 5.50. The molecular formula is C39H22N4OPd. The van der Waals surface area contributed by atoms with Gasteiger partial charge < -0.3 is 13.7 Å². The molecule has 0 saturated heterocycles. The van der Waals surface area contributed by atoms with Gasteiger partial charge in [0.05, 0.1) is 16.9 Å². The molecule has 0 spiro atoms. The average Bonchev–Trinajstić information content (AvgIpc) is 3.68. The van der Waals surface area contributed by atoms with Crippen molar-refractivity contribution in [2.45, 2.75) is 6.42 Å². The first-order valence-electron chi connectivity index (χ1n) is 14.7. The van der Waals surface area contributed by atoms with Crippen LogP contribution in [0.1, 0.15) is 11.1 Å². The van der Waals surface area contributed by atoms with Crippen molar-refractivity contribution in [1.82, 2.24) is 18.9 Å². The minimum absolute atomic E-state index is 0. The van der Waals surface area contributed by atoms with Crippen LogP contribution in [0, 0.1) is 12.1 Å². The molecular weight excluding hydrogens is 647 g/mol. The molecule has 0 aliphatic carbocycles. The summed E-state index contributed by atoms with van der Waals surface area (Å²) in [6, 6.07) is 44.8. The number of nitrogens with zero attached hydrogens (tertiary/aromatic N) is 4. The third-order valence-electron chi connectivity index (χ3n) is 8.81. The summed E-state index contributed by atoms with van der Waals surface area (Å²) in [6.45, 7) is 0. The van der Waals surface area contributed by atoms with Gasteiger partial charge in [0.2, 0.25) is 0 Å². The summed E-state index contributed by atoms with van der Waals surface area (Å²) < 4.78 is 10.9. The molecule has 0 radical (unpaired) electrons. The minimum Gasteiger partial charge on any atom is -0.503 e. The molecule has 0 amide bonds. The van der Waals surface area contributed by atoms with E-state index < -0.39 is 0 Å². The fourth-order valence-corrected chi connectivity index (χ4v) is 6.88. The predicted octanol–water partition coefficient (Wildman–Crippen LogP) is 9.09. The molecule has 0 saturated carbocycles. The molecule has 0 bridgehead atoms. The van der Waals surface area contributed by atoms with Crippen LogP contribution >= 0.6 is 0 Å². The summed E-state index contributed by atoms with van der Waals surface area (Å²) in [5.41, 5.74) is 9.56. The first-order valence-corrected chi connectivity index (χ1v) is 14.7. The summed E-state index contributed by atoms with van der Waals surface area (Å²) in [4.78, 5) is 9.87. The zero-order valence-electron chi connectivity index (χ0n) is 23.8. The van der Waals surface area contributed by atoms with Crippen molar-refractivity contribution >= 4 is 49.3 Å². The van der Waals surface area contributed by atoms with Crippen LogP contribution in [0.15, 0.2) is 122 Å². The summed E-state index contributed by atoms with van der Waals surface area (Å²) >= 11 is 0. The van der Waals surface area contributed by atoms with Crippen LogP contribution in [0.4, 0.5) is 0 Å². The summed E-state index contributed by atoms with van der Waals surface area (Å²) in [6.07, 6.45) is 4.81. The van der Waals surface area contributed by atoms with E-state index in [4.69, 9.17) is 14.7 Å². The number of benzene rings is 5. The third-order valence-corrected chi connectivity index (χ3v) is 8.81. The van der Waals surface area contributed by atoms with Gasteiger partial charge in [0.25, 0.3) is 0 Å². The van der Waals surface area contributed by atoms with Gasteiger partial charge in [-0.15, -0.1) is 29.8 Å². The quantitative estimate of drug-likeness (QED) is 0.107. The van der Waals surface area contributed by atoms with Gasteiger partial charge in [0, 0.05) is 45.7 Å². The number of rotatable bonds is 3. The number of hydrogen-bond donors (Lipinski definition) is 0. The number of pyridine rings is 2. The molecule has 4 aromatic heterocycles. The average molecular weight is 669 g/mol. The topological polar surface area (TPSA) is 44.4 Å². The molecule has 9 aromatic rings. The van der Waals surface area contributed by atoms with Crippen molar-refractivity contribution in [3.05, 3.63) is 145 Å². The predicted molar refractivity (Wildman–Crippen MR) is 175 cm³/mol. The molecule has 10 rings (SSSR count). The number of fused-ring (bicyclic) bond motifs is 11. The molecule has 0 fully saturated rings. The Morgan fingerprint density at radius 2 is 1.44 bits per heavy atom. The van der Waals surface area contributed by atoms with Gasteiger partial charge in [-0.2, -0.15) is 6.07 Å². The van der Waals surface area contributed by atoms with E-state index in [1.165, 1.54) is 22.0 Å². The van der Waals surface area contributed by atoms with E-state index in [1.807, 2.05) is 42.6 Å².